The van der Waals surface area contributed by atoms with E-state index in [-0.39, 0.29) is 5.97 Å². The van der Waals surface area contributed by atoms with Crippen molar-refractivity contribution in [2.75, 3.05) is 6.61 Å². The van der Waals surface area contributed by atoms with Crippen LogP contribution in [0.2, 0.25) is 0 Å². The molecule has 0 fully saturated rings. The number of esters is 1. The summed E-state index contributed by atoms with van der Waals surface area (Å²) in [7, 11) is 0. The van der Waals surface area contributed by atoms with Crippen molar-refractivity contribution in [3.05, 3.63) is 28.2 Å². The topological polar surface area (TPSA) is 35.5 Å². The van der Waals surface area contributed by atoms with E-state index in [1.54, 1.807) is 6.92 Å². The van der Waals surface area contributed by atoms with Crippen molar-refractivity contribution >= 4 is 21.9 Å². The normalized spacial score (nSPS) is 12.0. The number of ether oxygens (including phenoxy) is 2. The first kappa shape index (κ1) is 14.0. The zero-order valence-electron chi connectivity index (χ0n) is 10.3. The third kappa shape index (κ3) is 4.04. The first-order chi connectivity index (χ1) is 8.08. The van der Waals surface area contributed by atoms with E-state index in [0.29, 0.717) is 18.8 Å². The van der Waals surface area contributed by atoms with Crippen LogP contribution in [0.1, 0.15) is 25.8 Å². The minimum absolute atomic E-state index is 0.308. The van der Waals surface area contributed by atoms with Gasteiger partial charge in [0.2, 0.25) is 0 Å². The molecule has 0 aliphatic heterocycles. The van der Waals surface area contributed by atoms with Gasteiger partial charge in [0.05, 0.1) is 6.61 Å². The lowest BCUT2D eigenvalue weighted by atomic mass is 10.2. The molecule has 0 aromatic heterocycles. The molecular formula is C13H17BrO3. The Hall–Kier alpha value is -1.03. The van der Waals surface area contributed by atoms with E-state index >= 15 is 0 Å². The smallest absolute Gasteiger partial charge is 0.347 e. The fourth-order valence-electron chi connectivity index (χ4n) is 1.43. The van der Waals surface area contributed by atoms with E-state index in [9.17, 15) is 4.79 Å². The predicted molar refractivity (Wildman–Crippen MR) is 70.2 cm³/mol. The standard InChI is InChI=1S/C13H17BrO3/c1-4-11(13(15)16-5-2)17-12-7-6-10(14)8-9(12)3/h6-8,11H,4-5H2,1-3H3. The summed E-state index contributed by atoms with van der Waals surface area (Å²) < 4.78 is 11.6. The van der Waals surface area contributed by atoms with Crippen LogP contribution in [0.5, 0.6) is 5.75 Å². The third-order valence-corrected chi connectivity index (χ3v) is 2.82. The molecule has 0 radical (unpaired) electrons. The average molecular weight is 301 g/mol. The molecule has 1 rings (SSSR count). The fraction of sp³-hybridized carbons (Fsp3) is 0.462. The number of hydrogen-bond acceptors (Lipinski definition) is 3. The van der Waals surface area contributed by atoms with Gasteiger partial charge in [-0.05, 0) is 44.0 Å². The Labute approximate surface area is 110 Å². The lowest BCUT2D eigenvalue weighted by molar-refractivity contribution is -0.151. The zero-order valence-corrected chi connectivity index (χ0v) is 11.9. The van der Waals surface area contributed by atoms with Crippen molar-refractivity contribution in [1.29, 1.82) is 0 Å². The molecule has 0 amide bonds. The molecular weight excluding hydrogens is 284 g/mol. The molecule has 4 heteroatoms. The highest BCUT2D eigenvalue weighted by molar-refractivity contribution is 9.10. The van der Waals surface area contributed by atoms with Gasteiger partial charge in [0.25, 0.3) is 0 Å². The molecule has 3 nitrogen and oxygen atoms in total. The second-order valence-corrected chi connectivity index (χ2v) is 4.59. The van der Waals surface area contributed by atoms with E-state index < -0.39 is 6.10 Å². The van der Waals surface area contributed by atoms with Gasteiger partial charge in [-0.25, -0.2) is 4.79 Å². The molecule has 94 valence electrons. The number of aryl methyl sites for hydroxylation is 1. The van der Waals surface area contributed by atoms with Crippen LogP contribution in [0.3, 0.4) is 0 Å². The number of halogens is 1. The summed E-state index contributed by atoms with van der Waals surface area (Å²) in [6.45, 7) is 6.00. The molecule has 0 bridgehead atoms. The molecule has 17 heavy (non-hydrogen) atoms. The molecule has 1 unspecified atom stereocenters. The molecule has 0 saturated carbocycles. The largest absolute Gasteiger partial charge is 0.478 e. The van der Waals surface area contributed by atoms with Crippen molar-refractivity contribution in [2.24, 2.45) is 0 Å². The lowest BCUT2D eigenvalue weighted by Crippen LogP contribution is -2.28. The first-order valence-corrected chi connectivity index (χ1v) is 6.47. The van der Waals surface area contributed by atoms with Crippen molar-refractivity contribution in [3.8, 4) is 5.75 Å². The van der Waals surface area contributed by atoms with Crippen molar-refractivity contribution in [2.45, 2.75) is 33.3 Å². The Morgan fingerprint density at radius 1 is 1.41 bits per heavy atom. The second kappa shape index (κ2) is 6.64. The van der Waals surface area contributed by atoms with E-state index in [1.807, 2.05) is 32.0 Å². The summed E-state index contributed by atoms with van der Waals surface area (Å²) in [5.74, 6) is 0.408. The van der Waals surface area contributed by atoms with Crippen molar-refractivity contribution < 1.29 is 14.3 Å². The van der Waals surface area contributed by atoms with Gasteiger partial charge in [0.1, 0.15) is 5.75 Å². The maximum Gasteiger partial charge on any atom is 0.347 e. The zero-order chi connectivity index (χ0) is 12.8. The van der Waals surface area contributed by atoms with Crippen LogP contribution in [0.15, 0.2) is 22.7 Å². The maximum absolute atomic E-state index is 11.6. The minimum atomic E-state index is -0.533. The van der Waals surface area contributed by atoms with Gasteiger partial charge in [-0.15, -0.1) is 0 Å². The molecule has 0 spiro atoms. The Morgan fingerprint density at radius 3 is 2.65 bits per heavy atom. The summed E-state index contributed by atoms with van der Waals surface area (Å²) in [4.78, 5) is 11.6. The van der Waals surface area contributed by atoms with Crippen LogP contribution in [-0.2, 0) is 9.53 Å². The number of carbonyl (C=O) groups excluding carboxylic acids is 1. The Kier molecular flexibility index (Phi) is 5.48. The van der Waals surface area contributed by atoms with Crippen LogP contribution in [0.25, 0.3) is 0 Å². The van der Waals surface area contributed by atoms with Crippen LogP contribution >= 0.6 is 15.9 Å². The molecule has 0 aliphatic rings. The van der Waals surface area contributed by atoms with Crippen LogP contribution in [-0.4, -0.2) is 18.7 Å². The molecule has 1 aromatic carbocycles. The summed E-state index contributed by atoms with van der Waals surface area (Å²) >= 11 is 3.39. The molecule has 1 atom stereocenters. The number of hydrogen-bond donors (Lipinski definition) is 0. The lowest BCUT2D eigenvalue weighted by Gasteiger charge is -2.17. The summed E-state index contributed by atoms with van der Waals surface area (Å²) in [5, 5.41) is 0. The van der Waals surface area contributed by atoms with Crippen molar-refractivity contribution in [3.63, 3.8) is 0 Å². The van der Waals surface area contributed by atoms with Gasteiger partial charge in [-0.1, -0.05) is 22.9 Å². The Bertz CT molecular complexity index is 390. The molecule has 1 aromatic rings. The monoisotopic (exact) mass is 300 g/mol. The Balaban J connectivity index is 2.77. The van der Waals surface area contributed by atoms with E-state index in [4.69, 9.17) is 9.47 Å². The van der Waals surface area contributed by atoms with E-state index in [1.165, 1.54) is 0 Å². The molecule has 0 saturated heterocycles. The number of carbonyl (C=O) groups is 1. The summed E-state index contributed by atoms with van der Waals surface area (Å²) in [5.41, 5.74) is 0.988. The quantitative estimate of drug-likeness (QED) is 0.781. The van der Waals surface area contributed by atoms with Gasteiger partial charge in [-0.2, -0.15) is 0 Å². The minimum Gasteiger partial charge on any atom is -0.478 e. The highest BCUT2D eigenvalue weighted by Crippen LogP contribution is 2.23. The molecule has 0 aliphatic carbocycles. The maximum atomic E-state index is 11.6. The average Bonchev–Trinajstić information content (AvgIpc) is 2.28. The first-order valence-electron chi connectivity index (χ1n) is 5.67. The number of rotatable bonds is 5. The highest BCUT2D eigenvalue weighted by atomic mass is 79.9. The predicted octanol–water partition coefficient (Wildman–Crippen LogP) is 3.48. The van der Waals surface area contributed by atoms with Crippen LogP contribution < -0.4 is 4.74 Å². The van der Waals surface area contributed by atoms with Crippen molar-refractivity contribution in [1.82, 2.24) is 0 Å². The van der Waals surface area contributed by atoms with Gasteiger partial charge in [0, 0.05) is 4.47 Å². The van der Waals surface area contributed by atoms with E-state index in [2.05, 4.69) is 15.9 Å². The third-order valence-electron chi connectivity index (χ3n) is 2.33. The molecule has 0 heterocycles. The van der Waals surface area contributed by atoms with Gasteiger partial charge in [0.15, 0.2) is 6.10 Å². The van der Waals surface area contributed by atoms with Crippen LogP contribution in [0, 0.1) is 6.92 Å². The van der Waals surface area contributed by atoms with E-state index in [0.717, 1.165) is 10.0 Å². The number of benzene rings is 1. The van der Waals surface area contributed by atoms with Gasteiger partial charge in [-0.3, -0.25) is 0 Å². The fourth-order valence-corrected chi connectivity index (χ4v) is 1.91. The highest BCUT2D eigenvalue weighted by Gasteiger charge is 2.20. The van der Waals surface area contributed by atoms with Gasteiger partial charge < -0.3 is 9.47 Å². The van der Waals surface area contributed by atoms with Gasteiger partial charge >= 0.3 is 5.97 Å². The Morgan fingerprint density at radius 2 is 2.12 bits per heavy atom. The summed E-state index contributed by atoms with van der Waals surface area (Å²) in [6.07, 6.45) is 0.0590. The SMILES string of the molecule is CCOC(=O)C(CC)Oc1ccc(Br)cc1C. The summed E-state index contributed by atoms with van der Waals surface area (Å²) in [6, 6.07) is 5.69. The van der Waals surface area contributed by atoms with Crippen LogP contribution in [0.4, 0.5) is 0 Å². The second-order valence-electron chi connectivity index (χ2n) is 3.68. The molecule has 0 N–H and O–H groups in total.